The Morgan fingerprint density at radius 2 is 1.81 bits per heavy atom. The van der Waals surface area contributed by atoms with Crippen molar-refractivity contribution >= 4 is 5.97 Å². The third-order valence-corrected chi connectivity index (χ3v) is 3.80. The normalized spacial score (nSPS) is 12.0. The molecule has 1 atom stereocenters. The molecule has 0 spiro atoms. The maximum atomic E-state index is 10.9. The van der Waals surface area contributed by atoms with E-state index in [1.807, 2.05) is 43.3 Å². The number of hydrogen-bond donors (Lipinski definition) is 1. The zero-order chi connectivity index (χ0) is 15.4. The van der Waals surface area contributed by atoms with Gasteiger partial charge in [-0.15, -0.1) is 0 Å². The van der Waals surface area contributed by atoms with E-state index in [9.17, 15) is 4.79 Å². The average molecular weight is 284 g/mol. The van der Waals surface area contributed by atoms with Gasteiger partial charge < -0.3 is 9.84 Å². The minimum atomic E-state index is -0.811. The molecule has 2 rings (SSSR count). The maximum absolute atomic E-state index is 10.9. The molecule has 110 valence electrons. The predicted octanol–water partition coefficient (Wildman–Crippen LogP) is 4.07. The fourth-order valence-corrected chi connectivity index (χ4v) is 2.09. The zero-order valence-electron chi connectivity index (χ0n) is 12.6. The van der Waals surface area contributed by atoms with Crippen LogP contribution in [0.1, 0.15) is 35.1 Å². The van der Waals surface area contributed by atoms with Crippen molar-refractivity contribution in [1.29, 1.82) is 0 Å². The standard InChI is InChI=1S/C18H20O3/c1-12-5-4-6-17(13(12)2)21-11-15-7-9-16(10-8-15)14(3)18(19)20/h4-10,14H,11H2,1-3H3,(H,19,20). The average Bonchev–Trinajstić information content (AvgIpc) is 2.48. The molecule has 0 aliphatic carbocycles. The predicted molar refractivity (Wildman–Crippen MR) is 82.7 cm³/mol. The molecule has 0 saturated carbocycles. The Balaban J connectivity index is 2.04. The summed E-state index contributed by atoms with van der Waals surface area (Å²) >= 11 is 0. The molecule has 0 saturated heterocycles. The number of aliphatic carboxylic acids is 1. The van der Waals surface area contributed by atoms with Gasteiger partial charge in [0, 0.05) is 0 Å². The van der Waals surface area contributed by atoms with Gasteiger partial charge in [0.15, 0.2) is 0 Å². The number of hydrogen-bond acceptors (Lipinski definition) is 2. The minimum absolute atomic E-state index is 0.478. The Bertz CT molecular complexity index is 629. The molecule has 0 aliphatic heterocycles. The quantitative estimate of drug-likeness (QED) is 0.900. The summed E-state index contributed by atoms with van der Waals surface area (Å²) in [5.74, 6) is -0.411. The summed E-state index contributed by atoms with van der Waals surface area (Å²) < 4.78 is 5.84. The van der Waals surface area contributed by atoms with Crippen LogP contribution in [0.25, 0.3) is 0 Å². The molecule has 0 amide bonds. The van der Waals surface area contributed by atoms with Crippen LogP contribution in [0.5, 0.6) is 5.75 Å². The van der Waals surface area contributed by atoms with Crippen molar-refractivity contribution in [1.82, 2.24) is 0 Å². The first-order valence-corrected chi connectivity index (χ1v) is 6.99. The first kappa shape index (κ1) is 15.1. The third-order valence-electron chi connectivity index (χ3n) is 3.80. The molecule has 0 radical (unpaired) electrons. The molecule has 3 nitrogen and oxygen atoms in total. The summed E-state index contributed by atoms with van der Waals surface area (Å²) in [6, 6.07) is 13.5. The molecule has 1 N–H and O–H groups in total. The first-order valence-electron chi connectivity index (χ1n) is 6.99. The van der Waals surface area contributed by atoms with Gasteiger partial charge in [-0.25, -0.2) is 0 Å². The molecule has 0 heterocycles. The van der Waals surface area contributed by atoms with Gasteiger partial charge in [0.25, 0.3) is 0 Å². The van der Waals surface area contributed by atoms with Gasteiger partial charge in [0.2, 0.25) is 0 Å². The highest BCUT2D eigenvalue weighted by Gasteiger charge is 2.13. The Hall–Kier alpha value is -2.29. The molecule has 0 bridgehead atoms. The molecule has 0 aromatic heterocycles. The monoisotopic (exact) mass is 284 g/mol. The van der Waals surface area contributed by atoms with Gasteiger partial charge in [-0.1, -0.05) is 36.4 Å². The number of benzene rings is 2. The van der Waals surface area contributed by atoms with Crippen LogP contribution >= 0.6 is 0 Å². The Kier molecular flexibility index (Phi) is 4.63. The largest absolute Gasteiger partial charge is 0.489 e. The SMILES string of the molecule is Cc1cccc(OCc2ccc(C(C)C(=O)O)cc2)c1C. The van der Waals surface area contributed by atoms with Gasteiger partial charge in [-0.3, -0.25) is 4.79 Å². The number of carboxylic acid groups (broad SMARTS) is 1. The lowest BCUT2D eigenvalue weighted by molar-refractivity contribution is -0.138. The van der Waals surface area contributed by atoms with Crippen molar-refractivity contribution in [2.45, 2.75) is 33.3 Å². The van der Waals surface area contributed by atoms with Gasteiger partial charge in [-0.05, 0) is 49.1 Å². The highest BCUT2D eigenvalue weighted by Crippen LogP contribution is 2.22. The van der Waals surface area contributed by atoms with Crippen molar-refractivity contribution in [2.24, 2.45) is 0 Å². The highest BCUT2D eigenvalue weighted by atomic mass is 16.5. The lowest BCUT2D eigenvalue weighted by Gasteiger charge is -2.12. The molecule has 2 aromatic rings. The summed E-state index contributed by atoms with van der Waals surface area (Å²) in [7, 11) is 0. The molecule has 1 unspecified atom stereocenters. The molecule has 3 heteroatoms. The van der Waals surface area contributed by atoms with Gasteiger partial charge in [0.05, 0.1) is 5.92 Å². The van der Waals surface area contributed by atoms with Crippen LogP contribution in [0.4, 0.5) is 0 Å². The van der Waals surface area contributed by atoms with Crippen LogP contribution < -0.4 is 4.74 Å². The lowest BCUT2D eigenvalue weighted by Crippen LogP contribution is -2.07. The van der Waals surface area contributed by atoms with Crippen LogP contribution in [0.2, 0.25) is 0 Å². The smallest absolute Gasteiger partial charge is 0.310 e. The maximum Gasteiger partial charge on any atom is 0.310 e. The van der Waals surface area contributed by atoms with E-state index in [-0.39, 0.29) is 0 Å². The van der Waals surface area contributed by atoms with Crippen molar-refractivity contribution in [3.8, 4) is 5.75 Å². The molecular formula is C18H20O3. The minimum Gasteiger partial charge on any atom is -0.489 e. The van der Waals surface area contributed by atoms with E-state index in [0.717, 1.165) is 22.4 Å². The van der Waals surface area contributed by atoms with E-state index in [2.05, 4.69) is 13.0 Å². The molecular weight excluding hydrogens is 264 g/mol. The second-order valence-electron chi connectivity index (χ2n) is 5.29. The highest BCUT2D eigenvalue weighted by molar-refractivity contribution is 5.75. The van der Waals surface area contributed by atoms with Gasteiger partial charge in [-0.2, -0.15) is 0 Å². The number of carboxylic acids is 1. The van der Waals surface area contributed by atoms with E-state index in [1.165, 1.54) is 5.56 Å². The van der Waals surface area contributed by atoms with Crippen molar-refractivity contribution in [2.75, 3.05) is 0 Å². The number of ether oxygens (including phenoxy) is 1. The first-order chi connectivity index (χ1) is 9.99. The van der Waals surface area contributed by atoms with E-state index in [1.54, 1.807) is 6.92 Å². The second kappa shape index (κ2) is 6.44. The van der Waals surface area contributed by atoms with Crippen LogP contribution in [-0.2, 0) is 11.4 Å². The van der Waals surface area contributed by atoms with Crippen LogP contribution in [-0.4, -0.2) is 11.1 Å². The second-order valence-corrected chi connectivity index (χ2v) is 5.29. The zero-order valence-corrected chi connectivity index (χ0v) is 12.6. The van der Waals surface area contributed by atoms with E-state index in [0.29, 0.717) is 6.61 Å². The molecule has 0 fully saturated rings. The topological polar surface area (TPSA) is 46.5 Å². The summed E-state index contributed by atoms with van der Waals surface area (Å²) in [6.45, 7) is 6.27. The van der Waals surface area contributed by atoms with E-state index in [4.69, 9.17) is 9.84 Å². The van der Waals surface area contributed by atoms with Crippen LogP contribution in [0.3, 0.4) is 0 Å². The van der Waals surface area contributed by atoms with Gasteiger partial charge >= 0.3 is 5.97 Å². The number of carbonyl (C=O) groups is 1. The third kappa shape index (κ3) is 3.63. The number of rotatable bonds is 5. The molecule has 21 heavy (non-hydrogen) atoms. The number of aryl methyl sites for hydroxylation is 1. The fourth-order valence-electron chi connectivity index (χ4n) is 2.09. The van der Waals surface area contributed by atoms with Crippen molar-refractivity contribution in [3.63, 3.8) is 0 Å². The summed E-state index contributed by atoms with van der Waals surface area (Å²) in [5.41, 5.74) is 4.18. The van der Waals surface area contributed by atoms with E-state index < -0.39 is 11.9 Å². The van der Waals surface area contributed by atoms with Crippen molar-refractivity contribution < 1.29 is 14.6 Å². The molecule has 2 aromatic carbocycles. The molecule has 0 aliphatic rings. The van der Waals surface area contributed by atoms with Crippen LogP contribution in [0, 0.1) is 13.8 Å². The summed E-state index contributed by atoms with van der Waals surface area (Å²) in [4.78, 5) is 10.9. The van der Waals surface area contributed by atoms with Crippen LogP contribution in [0.15, 0.2) is 42.5 Å². The summed E-state index contributed by atoms with van der Waals surface area (Å²) in [5, 5.41) is 8.99. The Morgan fingerprint density at radius 3 is 2.43 bits per heavy atom. The summed E-state index contributed by atoms with van der Waals surface area (Å²) in [6.07, 6.45) is 0. The van der Waals surface area contributed by atoms with E-state index >= 15 is 0 Å². The Morgan fingerprint density at radius 1 is 1.14 bits per heavy atom. The Labute approximate surface area is 125 Å². The van der Waals surface area contributed by atoms with Crippen molar-refractivity contribution in [3.05, 3.63) is 64.7 Å². The van der Waals surface area contributed by atoms with Gasteiger partial charge in [0.1, 0.15) is 12.4 Å². The lowest BCUT2D eigenvalue weighted by atomic mass is 10.0. The fraction of sp³-hybridized carbons (Fsp3) is 0.278.